The Bertz CT molecular complexity index is 802. The van der Waals surface area contributed by atoms with Gasteiger partial charge in [0.25, 0.3) is 0 Å². The van der Waals surface area contributed by atoms with E-state index in [1.807, 2.05) is 12.1 Å². The maximum Gasteiger partial charge on any atom is 0.181 e. The molecule has 0 atom stereocenters. The number of benzene rings is 2. The van der Waals surface area contributed by atoms with Crippen LogP contribution in [0.25, 0.3) is 11.3 Å². The van der Waals surface area contributed by atoms with Crippen LogP contribution in [-0.2, 0) is 19.4 Å². The van der Waals surface area contributed by atoms with Crippen molar-refractivity contribution in [1.29, 1.82) is 0 Å². The largest absolute Gasteiger partial charge is 0.444 e. The standard InChI is InChI=1S/C20H20N2O2/c23-13-20(9-17-5-1-2-6-18(17)10-20)22-11-15-4-3-7-16(8-15)19-12-21-14-24-19/h1-8,12,14,22-23H,9-11,13H2. The summed E-state index contributed by atoms with van der Waals surface area (Å²) in [5.41, 5.74) is 4.56. The van der Waals surface area contributed by atoms with E-state index in [9.17, 15) is 5.11 Å². The molecule has 0 amide bonds. The molecule has 1 heterocycles. The van der Waals surface area contributed by atoms with Crippen molar-refractivity contribution in [2.24, 2.45) is 0 Å². The Hall–Kier alpha value is -2.43. The number of aromatic nitrogens is 1. The van der Waals surface area contributed by atoms with E-state index in [1.54, 1.807) is 6.20 Å². The van der Waals surface area contributed by atoms with Gasteiger partial charge in [0.1, 0.15) is 0 Å². The molecule has 1 aromatic heterocycles. The summed E-state index contributed by atoms with van der Waals surface area (Å²) in [5, 5.41) is 13.6. The van der Waals surface area contributed by atoms with E-state index in [1.165, 1.54) is 17.5 Å². The molecule has 4 nitrogen and oxygen atoms in total. The first kappa shape index (κ1) is 15.1. The van der Waals surface area contributed by atoms with Crippen LogP contribution in [0.2, 0.25) is 0 Å². The molecular weight excluding hydrogens is 300 g/mol. The van der Waals surface area contributed by atoms with Crippen molar-refractivity contribution in [2.45, 2.75) is 24.9 Å². The van der Waals surface area contributed by atoms with Gasteiger partial charge in [-0.25, -0.2) is 4.98 Å². The highest BCUT2D eigenvalue weighted by molar-refractivity contribution is 5.57. The van der Waals surface area contributed by atoms with Crippen molar-refractivity contribution in [1.82, 2.24) is 10.3 Å². The number of nitrogens with zero attached hydrogens (tertiary/aromatic N) is 1. The van der Waals surface area contributed by atoms with Gasteiger partial charge in [0.2, 0.25) is 0 Å². The molecule has 4 rings (SSSR count). The third-order valence-corrected chi connectivity index (χ3v) is 4.79. The highest BCUT2D eigenvalue weighted by Crippen LogP contribution is 2.30. The third-order valence-electron chi connectivity index (χ3n) is 4.79. The molecule has 0 saturated carbocycles. The van der Waals surface area contributed by atoms with Gasteiger partial charge in [0.05, 0.1) is 12.8 Å². The van der Waals surface area contributed by atoms with Crippen molar-refractivity contribution < 1.29 is 9.52 Å². The van der Waals surface area contributed by atoms with Crippen LogP contribution in [0.1, 0.15) is 16.7 Å². The highest BCUT2D eigenvalue weighted by Gasteiger charge is 2.35. The van der Waals surface area contributed by atoms with Crippen LogP contribution in [0.4, 0.5) is 0 Å². The number of hydrogen-bond acceptors (Lipinski definition) is 4. The van der Waals surface area contributed by atoms with Crippen LogP contribution in [0.15, 0.2) is 65.5 Å². The quantitative estimate of drug-likeness (QED) is 0.759. The van der Waals surface area contributed by atoms with E-state index in [0.717, 1.165) is 29.7 Å². The second-order valence-electron chi connectivity index (χ2n) is 6.48. The minimum Gasteiger partial charge on any atom is -0.444 e. The lowest BCUT2D eigenvalue weighted by Gasteiger charge is -2.28. The SMILES string of the molecule is OCC1(NCc2cccc(-c3cnco3)c2)Cc2ccccc2C1. The summed E-state index contributed by atoms with van der Waals surface area (Å²) in [7, 11) is 0. The summed E-state index contributed by atoms with van der Waals surface area (Å²) in [5.74, 6) is 0.766. The molecular formula is C20H20N2O2. The normalized spacial score (nSPS) is 15.4. The number of aliphatic hydroxyl groups is 1. The van der Waals surface area contributed by atoms with Crippen LogP contribution in [0, 0.1) is 0 Å². The number of aliphatic hydroxyl groups excluding tert-OH is 1. The molecule has 1 aliphatic rings. The average Bonchev–Trinajstić information content (AvgIpc) is 3.28. The van der Waals surface area contributed by atoms with E-state index in [0.29, 0.717) is 6.54 Å². The van der Waals surface area contributed by atoms with Crippen LogP contribution < -0.4 is 5.32 Å². The number of oxazole rings is 1. The van der Waals surface area contributed by atoms with Crippen molar-refractivity contribution in [3.05, 3.63) is 77.8 Å². The zero-order chi connectivity index (χ0) is 16.4. The molecule has 2 N–H and O–H groups in total. The van der Waals surface area contributed by atoms with Crippen molar-refractivity contribution in [3.63, 3.8) is 0 Å². The molecule has 0 radical (unpaired) electrons. The van der Waals surface area contributed by atoms with Gasteiger partial charge >= 0.3 is 0 Å². The van der Waals surface area contributed by atoms with E-state index in [4.69, 9.17) is 4.42 Å². The number of fused-ring (bicyclic) bond motifs is 1. The van der Waals surface area contributed by atoms with E-state index in [-0.39, 0.29) is 12.1 Å². The van der Waals surface area contributed by atoms with Gasteiger partial charge in [-0.05, 0) is 35.6 Å². The summed E-state index contributed by atoms with van der Waals surface area (Å²) in [6, 6.07) is 16.6. The Morgan fingerprint density at radius 1 is 1.08 bits per heavy atom. The number of nitrogens with one attached hydrogen (secondary N) is 1. The monoisotopic (exact) mass is 320 g/mol. The summed E-state index contributed by atoms with van der Waals surface area (Å²) >= 11 is 0. The van der Waals surface area contributed by atoms with E-state index < -0.39 is 0 Å². The lowest BCUT2D eigenvalue weighted by Crippen LogP contribution is -2.49. The second-order valence-corrected chi connectivity index (χ2v) is 6.48. The fourth-order valence-corrected chi connectivity index (χ4v) is 3.47. The van der Waals surface area contributed by atoms with Gasteiger partial charge in [-0.3, -0.25) is 0 Å². The minimum absolute atomic E-state index is 0.128. The number of hydrogen-bond donors (Lipinski definition) is 2. The molecule has 4 heteroatoms. The van der Waals surface area contributed by atoms with Crippen molar-refractivity contribution in [2.75, 3.05) is 6.61 Å². The van der Waals surface area contributed by atoms with Crippen LogP contribution in [0.3, 0.4) is 0 Å². The summed E-state index contributed by atoms with van der Waals surface area (Å²) in [4.78, 5) is 3.97. The molecule has 0 spiro atoms. The Morgan fingerprint density at radius 2 is 1.88 bits per heavy atom. The maximum absolute atomic E-state index is 9.99. The highest BCUT2D eigenvalue weighted by atomic mass is 16.3. The predicted octanol–water partition coefficient (Wildman–Crippen LogP) is 2.96. The first-order valence-electron chi connectivity index (χ1n) is 8.18. The smallest absolute Gasteiger partial charge is 0.181 e. The Labute approximate surface area is 141 Å². The Kier molecular flexibility index (Phi) is 3.92. The molecule has 0 unspecified atom stereocenters. The molecule has 2 aromatic carbocycles. The van der Waals surface area contributed by atoms with Crippen molar-refractivity contribution >= 4 is 0 Å². The Morgan fingerprint density at radius 3 is 2.54 bits per heavy atom. The topological polar surface area (TPSA) is 58.3 Å². The lowest BCUT2D eigenvalue weighted by molar-refractivity contribution is 0.166. The molecule has 0 fully saturated rings. The fraction of sp³-hybridized carbons (Fsp3) is 0.250. The van der Waals surface area contributed by atoms with Gasteiger partial charge in [0, 0.05) is 17.6 Å². The van der Waals surface area contributed by atoms with E-state index >= 15 is 0 Å². The van der Waals surface area contributed by atoms with Crippen molar-refractivity contribution in [3.8, 4) is 11.3 Å². The molecule has 0 aliphatic heterocycles. The van der Waals surface area contributed by atoms with Crippen LogP contribution in [-0.4, -0.2) is 22.2 Å². The maximum atomic E-state index is 9.99. The molecule has 1 aliphatic carbocycles. The van der Waals surface area contributed by atoms with Gasteiger partial charge in [-0.1, -0.05) is 42.5 Å². The summed E-state index contributed by atoms with van der Waals surface area (Å²) in [6.45, 7) is 0.833. The first-order valence-corrected chi connectivity index (χ1v) is 8.18. The minimum atomic E-state index is -0.272. The van der Waals surface area contributed by atoms with E-state index in [2.05, 4.69) is 46.7 Å². The Balaban J connectivity index is 1.50. The average molecular weight is 320 g/mol. The second kappa shape index (κ2) is 6.23. The summed E-state index contributed by atoms with van der Waals surface area (Å²) < 4.78 is 5.36. The molecule has 0 bridgehead atoms. The van der Waals surface area contributed by atoms with Gasteiger partial charge in [0.15, 0.2) is 12.2 Å². The van der Waals surface area contributed by atoms with Gasteiger partial charge < -0.3 is 14.8 Å². The predicted molar refractivity (Wildman–Crippen MR) is 92.4 cm³/mol. The third kappa shape index (κ3) is 2.86. The zero-order valence-corrected chi connectivity index (χ0v) is 13.4. The first-order chi connectivity index (χ1) is 11.8. The van der Waals surface area contributed by atoms with Gasteiger partial charge in [-0.2, -0.15) is 0 Å². The molecule has 24 heavy (non-hydrogen) atoms. The van der Waals surface area contributed by atoms with Gasteiger partial charge in [-0.15, -0.1) is 0 Å². The zero-order valence-electron chi connectivity index (χ0n) is 13.4. The molecule has 122 valence electrons. The number of rotatable bonds is 5. The van der Waals surface area contributed by atoms with Crippen LogP contribution >= 0.6 is 0 Å². The lowest BCUT2D eigenvalue weighted by atomic mass is 9.96. The van der Waals surface area contributed by atoms with Crippen LogP contribution in [0.5, 0.6) is 0 Å². The fourth-order valence-electron chi connectivity index (χ4n) is 3.47. The molecule has 0 saturated heterocycles. The molecule has 3 aromatic rings. The summed E-state index contributed by atoms with van der Waals surface area (Å²) in [6.07, 6.45) is 4.88.